The van der Waals surface area contributed by atoms with Crippen molar-refractivity contribution in [2.45, 2.75) is 19.3 Å². The number of anilines is 1. The Morgan fingerprint density at radius 3 is 2.57 bits per heavy atom. The highest BCUT2D eigenvalue weighted by Crippen LogP contribution is 2.27. The van der Waals surface area contributed by atoms with Crippen LogP contribution >= 0.6 is 0 Å². The minimum Gasteiger partial charge on any atom is -0.497 e. The zero-order chi connectivity index (χ0) is 26.0. The van der Waals surface area contributed by atoms with Crippen LogP contribution < -0.4 is 19.1 Å². The number of rotatable bonds is 14. The summed E-state index contributed by atoms with van der Waals surface area (Å²) in [7, 11) is 1.60. The number of aromatic nitrogens is 1. The van der Waals surface area contributed by atoms with E-state index in [9.17, 15) is 9.18 Å². The third kappa shape index (κ3) is 7.36. The van der Waals surface area contributed by atoms with Crippen LogP contribution in [-0.2, 0) is 11.2 Å². The molecule has 0 aliphatic rings. The first-order valence-corrected chi connectivity index (χ1v) is 12.0. The number of nitrogens with zero attached hydrogens (tertiary/aromatic N) is 2. The summed E-state index contributed by atoms with van der Waals surface area (Å²) in [5.41, 5.74) is 2.30. The van der Waals surface area contributed by atoms with Crippen molar-refractivity contribution >= 4 is 23.1 Å². The maximum atomic E-state index is 13.1. The molecule has 0 aliphatic carbocycles. The van der Waals surface area contributed by atoms with Gasteiger partial charge in [0.05, 0.1) is 26.7 Å². The van der Waals surface area contributed by atoms with Crippen LogP contribution in [0.2, 0.25) is 0 Å². The predicted octanol–water partition coefficient (Wildman–Crippen LogP) is 5.35. The maximum absolute atomic E-state index is 13.1. The van der Waals surface area contributed by atoms with E-state index >= 15 is 0 Å². The number of hydrogen-bond acceptors (Lipinski definition) is 7. The Morgan fingerprint density at radius 2 is 1.78 bits per heavy atom. The Bertz CT molecular complexity index is 1310. The average Bonchev–Trinajstić information content (AvgIpc) is 3.33. The van der Waals surface area contributed by atoms with Gasteiger partial charge in [-0.25, -0.2) is 4.39 Å². The molecular weight excluding hydrogens is 479 g/mol. The number of oxazole rings is 1. The van der Waals surface area contributed by atoms with Gasteiger partial charge >= 0.3 is 5.97 Å². The summed E-state index contributed by atoms with van der Waals surface area (Å²) >= 11 is 0. The number of para-hydroxylation sites is 1. The molecule has 0 aliphatic heterocycles. The van der Waals surface area contributed by atoms with Crippen molar-refractivity contribution in [2.75, 3.05) is 38.3 Å². The number of halogens is 1. The lowest BCUT2D eigenvalue weighted by Gasteiger charge is -2.21. The Labute approximate surface area is 214 Å². The fraction of sp³-hybridized carbons (Fsp3) is 0.286. The number of fused-ring (bicyclic) bond motifs is 1. The van der Waals surface area contributed by atoms with Gasteiger partial charge in [-0.3, -0.25) is 4.79 Å². The molecule has 4 rings (SSSR count). The third-order valence-corrected chi connectivity index (χ3v) is 5.71. The summed E-state index contributed by atoms with van der Waals surface area (Å²) in [5.74, 6) is 0.747. The Balaban J connectivity index is 1.45. The third-order valence-electron chi connectivity index (χ3n) is 5.71. The highest BCUT2D eigenvalue weighted by molar-refractivity contribution is 5.76. The number of aliphatic carboxylic acids is 1. The topological polar surface area (TPSA) is 94.3 Å². The second-order valence-electron chi connectivity index (χ2n) is 8.32. The first-order chi connectivity index (χ1) is 18.0. The van der Waals surface area contributed by atoms with Crippen molar-refractivity contribution in [2.24, 2.45) is 0 Å². The standard InChI is InChI=1S/C28H29FN2O6/c1-34-23-11-12-26-24(19-23)30-28(37-26)31(15-4-17-35-22-9-7-21(29)8-10-22)16-13-20-5-2-3-6-25(20)36-18-14-27(32)33/h2-3,5-12,19H,4,13-18H2,1H3,(H,32,33). The van der Waals surface area contributed by atoms with Gasteiger partial charge in [-0.05, 0) is 60.9 Å². The van der Waals surface area contributed by atoms with Gasteiger partial charge in [0.1, 0.15) is 28.6 Å². The van der Waals surface area contributed by atoms with Gasteiger partial charge in [0.2, 0.25) is 0 Å². The Morgan fingerprint density at radius 1 is 1.00 bits per heavy atom. The van der Waals surface area contributed by atoms with Gasteiger partial charge in [-0.15, -0.1) is 0 Å². The molecule has 0 radical (unpaired) electrons. The molecule has 4 aromatic rings. The highest BCUT2D eigenvalue weighted by atomic mass is 19.1. The first kappa shape index (κ1) is 25.8. The van der Waals surface area contributed by atoms with Gasteiger partial charge < -0.3 is 28.6 Å². The summed E-state index contributed by atoms with van der Waals surface area (Å²) < 4.78 is 36.0. The van der Waals surface area contributed by atoms with E-state index in [-0.39, 0.29) is 18.8 Å². The molecule has 1 heterocycles. The zero-order valence-corrected chi connectivity index (χ0v) is 20.6. The molecule has 0 atom stereocenters. The number of hydrogen-bond donors (Lipinski definition) is 1. The molecule has 0 amide bonds. The van der Waals surface area contributed by atoms with Crippen molar-refractivity contribution in [3.05, 3.63) is 78.1 Å². The molecule has 0 saturated carbocycles. The number of ether oxygens (including phenoxy) is 3. The smallest absolute Gasteiger partial charge is 0.306 e. The van der Waals surface area contributed by atoms with Crippen LogP contribution in [0.3, 0.4) is 0 Å². The van der Waals surface area contributed by atoms with E-state index in [4.69, 9.17) is 23.7 Å². The van der Waals surface area contributed by atoms with Crippen LogP contribution in [0.25, 0.3) is 11.1 Å². The minimum atomic E-state index is -0.904. The van der Waals surface area contributed by atoms with E-state index in [1.165, 1.54) is 12.1 Å². The summed E-state index contributed by atoms with van der Waals surface area (Å²) in [5, 5.41) is 8.90. The normalized spacial score (nSPS) is 10.9. The maximum Gasteiger partial charge on any atom is 0.306 e. The van der Waals surface area contributed by atoms with Crippen LogP contribution in [0.4, 0.5) is 10.4 Å². The van der Waals surface area contributed by atoms with Gasteiger partial charge in [0.25, 0.3) is 6.01 Å². The molecule has 37 heavy (non-hydrogen) atoms. The number of carboxylic acids is 1. The minimum absolute atomic E-state index is 0.0686. The molecule has 1 N–H and O–H groups in total. The van der Waals surface area contributed by atoms with E-state index < -0.39 is 5.97 Å². The second kappa shape index (κ2) is 12.6. The van der Waals surface area contributed by atoms with Crippen LogP contribution in [-0.4, -0.2) is 49.5 Å². The summed E-state index contributed by atoms with van der Waals surface area (Å²) in [4.78, 5) is 17.6. The van der Waals surface area contributed by atoms with Crippen molar-refractivity contribution in [3.63, 3.8) is 0 Å². The molecule has 0 unspecified atom stereocenters. The van der Waals surface area contributed by atoms with Gasteiger partial charge in [0, 0.05) is 19.2 Å². The molecular formula is C28H29FN2O6. The van der Waals surface area contributed by atoms with Crippen LogP contribution in [0.15, 0.2) is 71.1 Å². The van der Waals surface area contributed by atoms with E-state index in [0.29, 0.717) is 66.9 Å². The molecule has 194 valence electrons. The predicted molar refractivity (Wildman–Crippen MR) is 137 cm³/mol. The Kier molecular flexibility index (Phi) is 8.80. The fourth-order valence-corrected chi connectivity index (χ4v) is 3.79. The lowest BCUT2D eigenvalue weighted by Crippen LogP contribution is -2.28. The van der Waals surface area contributed by atoms with Gasteiger partial charge in [-0.2, -0.15) is 4.98 Å². The summed E-state index contributed by atoms with van der Waals surface area (Å²) in [6.45, 7) is 1.72. The lowest BCUT2D eigenvalue weighted by molar-refractivity contribution is -0.137. The highest BCUT2D eigenvalue weighted by Gasteiger charge is 2.16. The molecule has 3 aromatic carbocycles. The zero-order valence-electron chi connectivity index (χ0n) is 20.6. The van der Waals surface area contributed by atoms with Crippen molar-refractivity contribution in [3.8, 4) is 17.2 Å². The molecule has 0 saturated heterocycles. The number of carbonyl (C=O) groups is 1. The van der Waals surface area contributed by atoms with Crippen molar-refractivity contribution < 1.29 is 32.9 Å². The van der Waals surface area contributed by atoms with Gasteiger partial charge in [0.15, 0.2) is 5.58 Å². The number of benzene rings is 3. The van der Waals surface area contributed by atoms with Gasteiger partial charge in [-0.1, -0.05) is 18.2 Å². The van der Waals surface area contributed by atoms with E-state index in [2.05, 4.69) is 4.98 Å². The number of carboxylic acid groups (broad SMARTS) is 1. The van der Waals surface area contributed by atoms with Crippen LogP contribution in [0, 0.1) is 5.82 Å². The number of methoxy groups -OCH3 is 1. The molecule has 8 nitrogen and oxygen atoms in total. The summed E-state index contributed by atoms with van der Waals surface area (Å²) in [6.07, 6.45) is 1.24. The first-order valence-electron chi connectivity index (χ1n) is 12.0. The molecule has 9 heteroatoms. The average molecular weight is 509 g/mol. The van der Waals surface area contributed by atoms with Crippen LogP contribution in [0.1, 0.15) is 18.4 Å². The van der Waals surface area contributed by atoms with Crippen molar-refractivity contribution in [1.82, 2.24) is 4.98 Å². The SMILES string of the molecule is COc1ccc2oc(N(CCCOc3ccc(F)cc3)CCc3ccccc3OCCC(=O)O)nc2c1. The molecule has 0 spiro atoms. The van der Waals surface area contributed by atoms with Crippen LogP contribution in [0.5, 0.6) is 17.2 Å². The molecule has 0 bridgehead atoms. The molecule has 0 fully saturated rings. The molecule has 1 aromatic heterocycles. The van der Waals surface area contributed by atoms with E-state index in [1.54, 1.807) is 19.2 Å². The van der Waals surface area contributed by atoms with E-state index in [0.717, 1.165) is 5.56 Å². The fourth-order valence-electron chi connectivity index (χ4n) is 3.79. The Hall–Kier alpha value is -4.27. The summed E-state index contributed by atoms with van der Waals surface area (Å²) in [6, 6.07) is 19.5. The lowest BCUT2D eigenvalue weighted by atomic mass is 10.1. The van der Waals surface area contributed by atoms with E-state index in [1.807, 2.05) is 47.4 Å². The second-order valence-corrected chi connectivity index (χ2v) is 8.32. The largest absolute Gasteiger partial charge is 0.497 e. The monoisotopic (exact) mass is 508 g/mol. The quantitative estimate of drug-likeness (QED) is 0.228. The van der Waals surface area contributed by atoms with Crippen molar-refractivity contribution in [1.29, 1.82) is 0 Å².